The summed E-state index contributed by atoms with van der Waals surface area (Å²) in [5.74, 6) is 0. The summed E-state index contributed by atoms with van der Waals surface area (Å²) in [7, 11) is 0. The molecule has 0 amide bonds. The van der Waals surface area contributed by atoms with Crippen LogP contribution in [0.2, 0.25) is 0 Å². The van der Waals surface area contributed by atoms with Gasteiger partial charge in [0.15, 0.2) is 0 Å². The highest BCUT2D eigenvalue weighted by Gasteiger charge is 2.35. The first-order valence-corrected chi connectivity index (χ1v) is 17.3. The van der Waals surface area contributed by atoms with Crippen molar-refractivity contribution < 1.29 is 0 Å². The molecule has 0 aromatic heterocycles. The first-order valence-electron chi connectivity index (χ1n) is 17.3. The van der Waals surface area contributed by atoms with Gasteiger partial charge < -0.3 is 0 Å². The van der Waals surface area contributed by atoms with Gasteiger partial charge in [0.25, 0.3) is 0 Å². The topological polar surface area (TPSA) is 0 Å². The zero-order valence-corrected chi connectivity index (χ0v) is 27.5. The fourth-order valence-corrected chi connectivity index (χ4v) is 9.08. The van der Waals surface area contributed by atoms with E-state index >= 15 is 0 Å². The largest absolute Gasteiger partial charge is 0.0619 e. The van der Waals surface area contributed by atoms with E-state index in [9.17, 15) is 0 Å². The molecule has 10 aromatic rings. The van der Waals surface area contributed by atoms with Crippen molar-refractivity contribution in [1.82, 2.24) is 0 Å². The maximum absolute atomic E-state index is 2.43. The molecule has 0 heteroatoms. The van der Waals surface area contributed by atoms with Crippen LogP contribution in [0.5, 0.6) is 0 Å². The van der Waals surface area contributed by atoms with Gasteiger partial charge in [-0.1, -0.05) is 153 Å². The lowest BCUT2D eigenvalue weighted by Gasteiger charge is -2.22. The molecule has 0 bridgehead atoms. The monoisotopic (exact) mass is 620 g/mol. The summed E-state index contributed by atoms with van der Waals surface area (Å²) in [6.45, 7) is 4.72. The van der Waals surface area contributed by atoms with E-state index < -0.39 is 0 Å². The van der Waals surface area contributed by atoms with Crippen LogP contribution >= 0.6 is 0 Å². The Morgan fingerprint density at radius 3 is 1.59 bits per heavy atom. The van der Waals surface area contributed by atoms with Gasteiger partial charge in [-0.15, -0.1) is 0 Å². The molecule has 1 aliphatic rings. The SMILES string of the molecule is CC1(C)c2ccccc2-c2ccc(-c3ccc4ccc5c6cc(-c7ccc8ccc9cccc%10ccc7c8c9%10)ccc6ccc5c4c3)cc21. The molecule has 0 spiro atoms. The molecule has 0 unspecified atom stereocenters. The maximum atomic E-state index is 2.43. The lowest BCUT2D eigenvalue weighted by atomic mass is 9.81. The summed E-state index contributed by atoms with van der Waals surface area (Å²) >= 11 is 0. The minimum Gasteiger partial charge on any atom is -0.0619 e. The van der Waals surface area contributed by atoms with Crippen LogP contribution in [-0.2, 0) is 5.41 Å². The molecule has 11 rings (SSSR count). The second-order valence-electron chi connectivity index (χ2n) is 14.5. The molecule has 10 aromatic carbocycles. The Labute approximate surface area is 285 Å². The maximum Gasteiger partial charge on any atom is 0.0159 e. The van der Waals surface area contributed by atoms with Gasteiger partial charge in [-0.25, -0.2) is 0 Å². The summed E-state index contributed by atoms with van der Waals surface area (Å²) in [5, 5.41) is 15.7. The van der Waals surface area contributed by atoms with Gasteiger partial charge in [-0.2, -0.15) is 0 Å². The van der Waals surface area contributed by atoms with E-state index in [4.69, 9.17) is 0 Å². The lowest BCUT2D eigenvalue weighted by molar-refractivity contribution is 0.660. The predicted octanol–water partition coefficient (Wildman–Crippen LogP) is 13.7. The Balaban J connectivity index is 1.08. The van der Waals surface area contributed by atoms with Crippen molar-refractivity contribution in [2.45, 2.75) is 19.3 Å². The van der Waals surface area contributed by atoms with E-state index in [1.165, 1.54) is 109 Å². The van der Waals surface area contributed by atoms with Gasteiger partial charge in [0.05, 0.1) is 0 Å². The van der Waals surface area contributed by atoms with Crippen LogP contribution in [-0.4, -0.2) is 0 Å². The second-order valence-corrected chi connectivity index (χ2v) is 14.5. The number of hydrogen-bond acceptors (Lipinski definition) is 0. The summed E-state index contributed by atoms with van der Waals surface area (Å²) in [6.07, 6.45) is 0. The second kappa shape index (κ2) is 9.56. The molecule has 0 fully saturated rings. The van der Waals surface area contributed by atoms with Gasteiger partial charge in [-0.3, -0.25) is 0 Å². The number of hydrogen-bond donors (Lipinski definition) is 0. The summed E-state index contributed by atoms with van der Waals surface area (Å²) in [4.78, 5) is 0. The van der Waals surface area contributed by atoms with Gasteiger partial charge in [0, 0.05) is 5.41 Å². The van der Waals surface area contributed by atoms with Crippen molar-refractivity contribution in [3.63, 3.8) is 0 Å². The summed E-state index contributed by atoms with van der Waals surface area (Å²) in [6, 6.07) is 59.6. The normalized spacial score (nSPS) is 13.7. The number of benzene rings is 10. The minimum atomic E-state index is -0.0171. The average molecular weight is 621 g/mol. The van der Waals surface area contributed by atoms with Crippen LogP contribution in [0.25, 0.3) is 98.0 Å². The van der Waals surface area contributed by atoms with Crippen LogP contribution in [0.3, 0.4) is 0 Å². The quantitative estimate of drug-likeness (QED) is 0.169. The van der Waals surface area contributed by atoms with E-state index in [1.54, 1.807) is 0 Å². The van der Waals surface area contributed by atoms with Gasteiger partial charge >= 0.3 is 0 Å². The van der Waals surface area contributed by atoms with Crippen molar-refractivity contribution in [2.24, 2.45) is 0 Å². The highest BCUT2D eigenvalue weighted by Crippen LogP contribution is 2.50. The highest BCUT2D eigenvalue weighted by molar-refractivity contribution is 6.26. The van der Waals surface area contributed by atoms with E-state index in [1.807, 2.05) is 0 Å². The zero-order chi connectivity index (χ0) is 32.4. The molecule has 228 valence electrons. The third-order valence-electron chi connectivity index (χ3n) is 11.6. The van der Waals surface area contributed by atoms with Crippen molar-refractivity contribution in [3.05, 3.63) is 169 Å². The predicted molar refractivity (Wildman–Crippen MR) is 211 cm³/mol. The van der Waals surface area contributed by atoms with Gasteiger partial charge in [0.1, 0.15) is 0 Å². The van der Waals surface area contributed by atoms with E-state index in [-0.39, 0.29) is 5.41 Å². The molecule has 49 heavy (non-hydrogen) atoms. The van der Waals surface area contributed by atoms with Crippen LogP contribution < -0.4 is 0 Å². The molecule has 0 N–H and O–H groups in total. The van der Waals surface area contributed by atoms with Crippen LogP contribution in [0, 0.1) is 0 Å². The Morgan fingerprint density at radius 2 is 0.816 bits per heavy atom. The van der Waals surface area contributed by atoms with Crippen LogP contribution in [0.4, 0.5) is 0 Å². The van der Waals surface area contributed by atoms with Gasteiger partial charge in [-0.05, 0) is 127 Å². The Bertz CT molecular complexity index is 2990. The van der Waals surface area contributed by atoms with Crippen molar-refractivity contribution in [3.8, 4) is 33.4 Å². The number of fused-ring (bicyclic) bond motifs is 8. The van der Waals surface area contributed by atoms with Crippen LogP contribution in [0.15, 0.2) is 158 Å². The van der Waals surface area contributed by atoms with E-state index in [0.717, 1.165) is 0 Å². The van der Waals surface area contributed by atoms with Crippen molar-refractivity contribution in [2.75, 3.05) is 0 Å². The summed E-state index contributed by atoms with van der Waals surface area (Å²) in [5.41, 5.74) is 10.6. The first-order chi connectivity index (χ1) is 24.0. The lowest BCUT2D eigenvalue weighted by Crippen LogP contribution is -2.14. The summed E-state index contributed by atoms with van der Waals surface area (Å²) < 4.78 is 0. The minimum absolute atomic E-state index is 0.0171. The Hall–Kier alpha value is -5.98. The van der Waals surface area contributed by atoms with Crippen LogP contribution in [0.1, 0.15) is 25.0 Å². The van der Waals surface area contributed by atoms with E-state index in [2.05, 4.69) is 172 Å². The first kappa shape index (κ1) is 27.0. The molecule has 0 heterocycles. The molecule has 0 saturated heterocycles. The van der Waals surface area contributed by atoms with E-state index in [0.29, 0.717) is 0 Å². The Morgan fingerprint density at radius 1 is 0.306 bits per heavy atom. The molecule has 0 saturated carbocycles. The fourth-order valence-electron chi connectivity index (χ4n) is 9.08. The van der Waals surface area contributed by atoms with Crippen molar-refractivity contribution >= 4 is 64.6 Å². The number of rotatable bonds is 2. The van der Waals surface area contributed by atoms with Gasteiger partial charge in [0.2, 0.25) is 0 Å². The molecule has 0 aliphatic heterocycles. The Kier molecular flexibility index (Phi) is 5.27. The standard InChI is InChI=1S/C49H32/c1-49(2)45-9-4-3-8-40(45)41-24-20-35(28-46(41)49)34-14-10-29-16-23-39-38(43(29)26-34)22-17-30-11-15-36(27-44(30)39)37-21-18-33-13-12-31-6-5-7-32-19-25-42(37)48(33)47(31)32/h3-28H,1-2H3. The molecule has 0 nitrogen and oxygen atoms in total. The third kappa shape index (κ3) is 3.69. The molecule has 0 radical (unpaired) electrons. The molecule has 1 aliphatic carbocycles. The third-order valence-corrected chi connectivity index (χ3v) is 11.6. The molecular weight excluding hydrogens is 589 g/mol. The molecule has 0 atom stereocenters. The average Bonchev–Trinajstić information content (AvgIpc) is 3.38. The van der Waals surface area contributed by atoms with Crippen molar-refractivity contribution in [1.29, 1.82) is 0 Å². The fraction of sp³-hybridized carbons (Fsp3) is 0.0612. The highest BCUT2D eigenvalue weighted by atomic mass is 14.4. The smallest absolute Gasteiger partial charge is 0.0159 e. The molecular formula is C49H32. The zero-order valence-electron chi connectivity index (χ0n) is 27.5.